The Hall–Kier alpha value is -7.09. The molecule has 0 unspecified atom stereocenters. The number of nitrogen functional groups attached to an aromatic ring is 1. The molecule has 0 atom stereocenters. The van der Waals surface area contributed by atoms with Gasteiger partial charge in [-0.3, -0.25) is 23.8 Å². The Morgan fingerprint density at radius 1 is 0.893 bits per heavy atom. The number of hydrogen-bond donors (Lipinski definition) is 4. The molecule has 56 heavy (non-hydrogen) atoms. The van der Waals surface area contributed by atoms with Crippen LogP contribution in [0, 0.1) is 0 Å². The van der Waals surface area contributed by atoms with E-state index < -0.39 is 23.7 Å². The number of nitrogens with zero attached hydrogens (tertiary/aromatic N) is 4. The Kier molecular flexibility index (Phi) is 13.8. The SMILES string of the molecule is CNC(=O)ON(OC(=O)N(C)Cc1ccccc1)c1ccc(CNC(=O)Cn2c(-c3cc(N)cc(C=CCc4ccccc4)c3)cnc(NC(C)C)c2=O)cc1. The lowest BCUT2D eigenvalue weighted by Gasteiger charge is -2.24. The summed E-state index contributed by atoms with van der Waals surface area (Å²) in [5.74, 6) is -0.305. The molecule has 0 spiro atoms. The lowest BCUT2D eigenvalue weighted by Crippen LogP contribution is -2.38. The van der Waals surface area contributed by atoms with Gasteiger partial charge in [-0.25, -0.2) is 14.6 Å². The van der Waals surface area contributed by atoms with Crippen molar-refractivity contribution >= 4 is 41.4 Å². The number of benzene rings is 4. The number of rotatable bonds is 15. The molecule has 0 aliphatic heterocycles. The fraction of sp³-hybridized carbons (Fsp3) is 0.214. The summed E-state index contributed by atoms with van der Waals surface area (Å²) in [7, 11) is 2.93. The first-order valence-electron chi connectivity index (χ1n) is 18.0. The van der Waals surface area contributed by atoms with Gasteiger partial charge in [-0.2, -0.15) is 0 Å². The molecule has 290 valence electrons. The van der Waals surface area contributed by atoms with Crippen LogP contribution >= 0.6 is 0 Å². The summed E-state index contributed by atoms with van der Waals surface area (Å²) in [6.45, 7) is 3.86. The zero-order valence-corrected chi connectivity index (χ0v) is 31.8. The number of amides is 3. The minimum absolute atomic E-state index is 0.0728. The van der Waals surface area contributed by atoms with Gasteiger partial charge in [0.1, 0.15) is 12.2 Å². The van der Waals surface area contributed by atoms with Crippen LogP contribution in [-0.4, -0.2) is 52.7 Å². The van der Waals surface area contributed by atoms with Gasteiger partial charge in [0.15, 0.2) is 5.82 Å². The van der Waals surface area contributed by atoms with E-state index in [9.17, 15) is 19.2 Å². The average Bonchev–Trinajstić information content (AvgIpc) is 3.19. The van der Waals surface area contributed by atoms with E-state index in [1.807, 2.05) is 86.7 Å². The highest BCUT2D eigenvalue weighted by Crippen LogP contribution is 2.25. The normalized spacial score (nSPS) is 10.9. The van der Waals surface area contributed by atoms with Crippen LogP contribution in [0.15, 0.2) is 120 Å². The largest absolute Gasteiger partial charge is 0.436 e. The van der Waals surface area contributed by atoms with Gasteiger partial charge < -0.3 is 26.6 Å². The van der Waals surface area contributed by atoms with Crippen molar-refractivity contribution in [2.24, 2.45) is 0 Å². The summed E-state index contributed by atoms with van der Waals surface area (Å²) in [6, 6.07) is 31.3. The molecule has 3 amide bonds. The molecule has 14 nitrogen and oxygen atoms in total. The first-order valence-corrected chi connectivity index (χ1v) is 18.0. The van der Waals surface area contributed by atoms with Crippen LogP contribution in [0.2, 0.25) is 0 Å². The van der Waals surface area contributed by atoms with Crippen molar-refractivity contribution in [2.75, 3.05) is 30.4 Å². The second-order valence-electron chi connectivity index (χ2n) is 13.2. The molecule has 5 N–H and O–H groups in total. The Morgan fingerprint density at radius 3 is 2.23 bits per heavy atom. The highest BCUT2D eigenvalue weighted by Gasteiger charge is 2.22. The van der Waals surface area contributed by atoms with Crippen molar-refractivity contribution in [3.63, 3.8) is 0 Å². The van der Waals surface area contributed by atoms with Gasteiger partial charge in [0.25, 0.3) is 5.56 Å². The van der Waals surface area contributed by atoms with E-state index in [1.54, 1.807) is 43.6 Å². The minimum atomic E-state index is -0.855. The van der Waals surface area contributed by atoms with Gasteiger partial charge in [0, 0.05) is 44.5 Å². The van der Waals surface area contributed by atoms with Crippen molar-refractivity contribution < 1.29 is 24.1 Å². The number of nitrogens with one attached hydrogen (secondary N) is 3. The Balaban J connectivity index is 1.29. The molecule has 0 saturated heterocycles. The van der Waals surface area contributed by atoms with Gasteiger partial charge in [0.05, 0.1) is 11.9 Å². The van der Waals surface area contributed by atoms with E-state index >= 15 is 0 Å². The van der Waals surface area contributed by atoms with E-state index in [4.69, 9.17) is 15.4 Å². The summed E-state index contributed by atoms with van der Waals surface area (Å²) in [5.41, 5.74) is 11.2. The van der Waals surface area contributed by atoms with Gasteiger partial charge in [-0.1, -0.05) is 84.9 Å². The van der Waals surface area contributed by atoms with Crippen molar-refractivity contribution in [2.45, 2.75) is 45.9 Å². The van der Waals surface area contributed by atoms with Gasteiger partial charge >= 0.3 is 12.2 Å². The number of anilines is 3. The number of allylic oxidation sites excluding steroid dienone is 1. The van der Waals surface area contributed by atoms with Crippen molar-refractivity contribution in [1.82, 2.24) is 25.1 Å². The van der Waals surface area contributed by atoms with Crippen LogP contribution < -0.4 is 32.5 Å². The van der Waals surface area contributed by atoms with Crippen LogP contribution in [0.5, 0.6) is 0 Å². The molecule has 14 heteroatoms. The third-order valence-corrected chi connectivity index (χ3v) is 8.30. The van der Waals surface area contributed by atoms with Crippen LogP contribution in [0.4, 0.5) is 26.8 Å². The summed E-state index contributed by atoms with van der Waals surface area (Å²) < 4.78 is 1.37. The van der Waals surface area contributed by atoms with Gasteiger partial charge in [-0.05, 0) is 78.1 Å². The molecule has 5 aromatic rings. The molecule has 1 aromatic heterocycles. The Labute approximate surface area is 325 Å². The summed E-state index contributed by atoms with van der Waals surface area (Å²) in [4.78, 5) is 68.5. The zero-order chi connectivity index (χ0) is 40.0. The Morgan fingerprint density at radius 2 is 1.57 bits per heavy atom. The third kappa shape index (κ3) is 11.5. The highest BCUT2D eigenvalue weighted by molar-refractivity contribution is 5.78. The van der Waals surface area contributed by atoms with Crippen molar-refractivity contribution in [1.29, 1.82) is 0 Å². The molecule has 5 rings (SSSR count). The molecule has 0 aliphatic carbocycles. The van der Waals surface area contributed by atoms with Crippen molar-refractivity contribution in [3.8, 4) is 11.3 Å². The summed E-state index contributed by atoms with van der Waals surface area (Å²) >= 11 is 0. The van der Waals surface area contributed by atoms with Gasteiger partial charge in [-0.15, -0.1) is 0 Å². The molecule has 0 radical (unpaired) electrons. The standard InChI is InChI=1S/C42H46N8O6/c1-29(2)47-39-40(52)49(37(26-46-39)34-22-33(23-35(43)24-34)17-11-16-30-12-7-5-8-13-30)28-38(51)45-25-31-18-20-36(21-19-31)50(55-41(53)44-3)56-42(54)48(4)27-32-14-9-6-10-15-32/h5-15,17-24,26,29H,16,25,27-28,43H2,1-4H3,(H,44,53)(H,45,51)(H,46,47). The monoisotopic (exact) mass is 758 g/mol. The molecule has 0 saturated carbocycles. The maximum Gasteiger partial charge on any atom is 0.436 e. The van der Waals surface area contributed by atoms with E-state index in [0.29, 0.717) is 27.7 Å². The van der Waals surface area contributed by atoms with E-state index in [1.165, 1.54) is 22.1 Å². The number of nitrogens with two attached hydrogens (primary N) is 1. The van der Waals surface area contributed by atoms with Crippen LogP contribution in [0.3, 0.4) is 0 Å². The zero-order valence-electron chi connectivity index (χ0n) is 31.8. The highest BCUT2D eigenvalue weighted by atomic mass is 17.0. The molecule has 1 heterocycles. The number of hydrogen-bond acceptors (Lipinski definition) is 10. The van der Waals surface area contributed by atoms with E-state index in [0.717, 1.165) is 17.5 Å². The quantitative estimate of drug-likeness (QED) is 0.0717. The van der Waals surface area contributed by atoms with Gasteiger partial charge in [0.2, 0.25) is 5.91 Å². The second kappa shape index (κ2) is 19.3. The first-order chi connectivity index (χ1) is 27.0. The summed E-state index contributed by atoms with van der Waals surface area (Å²) in [5, 5.41) is 8.97. The van der Waals surface area contributed by atoms with Crippen molar-refractivity contribution in [3.05, 3.63) is 148 Å². The fourth-order valence-electron chi connectivity index (χ4n) is 5.56. The first kappa shape index (κ1) is 40.1. The number of aromatic nitrogens is 2. The lowest BCUT2D eigenvalue weighted by molar-refractivity contribution is -0.121. The van der Waals surface area contributed by atoms with Crippen LogP contribution in [0.25, 0.3) is 17.3 Å². The molecular weight excluding hydrogens is 713 g/mol. The summed E-state index contributed by atoms with van der Waals surface area (Å²) in [6.07, 6.45) is 4.68. The maximum atomic E-state index is 13.7. The molecule has 0 bridgehead atoms. The lowest BCUT2D eigenvalue weighted by atomic mass is 10.0. The predicted octanol–water partition coefficient (Wildman–Crippen LogP) is 6.15. The average molecular weight is 759 g/mol. The third-order valence-electron chi connectivity index (χ3n) is 8.30. The second-order valence-corrected chi connectivity index (χ2v) is 13.2. The van der Waals surface area contributed by atoms with E-state index in [-0.39, 0.29) is 37.2 Å². The van der Waals surface area contributed by atoms with Crippen LogP contribution in [0.1, 0.15) is 36.1 Å². The molecule has 0 fully saturated rings. The molecule has 4 aromatic carbocycles. The smallest absolute Gasteiger partial charge is 0.399 e. The number of carbonyl (C=O) groups is 3. The maximum absolute atomic E-state index is 13.7. The number of carbonyl (C=O) groups excluding carboxylic acids is 3. The van der Waals surface area contributed by atoms with Crippen LogP contribution in [-0.2, 0) is 40.5 Å². The Bertz CT molecular complexity index is 2190. The topological polar surface area (TPSA) is 173 Å². The van der Waals surface area contributed by atoms with E-state index in [2.05, 4.69) is 33.1 Å². The minimum Gasteiger partial charge on any atom is -0.399 e. The molecular formula is C42H46N8O6. The predicted molar refractivity (Wildman–Crippen MR) is 217 cm³/mol. The fourth-order valence-corrected chi connectivity index (χ4v) is 5.56. The molecule has 0 aliphatic rings.